The van der Waals surface area contributed by atoms with Gasteiger partial charge in [-0.05, 0) is 45.1 Å². The molecular weight excluding hydrogens is 236 g/mol. The Morgan fingerprint density at radius 2 is 2.33 bits per heavy atom. The molecule has 7 nitrogen and oxygen atoms in total. The molecule has 0 aromatic carbocycles. The number of carbonyl (C=O) groups is 1. The van der Waals surface area contributed by atoms with E-state index in [0.717, 1.165) is 0 Å². The molecule has 102 valence electrons. The number of hydrogen-bond donors (Lipinski definition) is 2. The first-order chi connectivity index (χ1) is 8.33. The summed E-state index contributed by atoms with van der Waals surface area (Å²) in [6.45, 7) is 5.59. The first kappa shape index (κ1) is 14.6. The molecule has 0 heterocycles. The van der Waals surface area contributed by atoms with Gasteiger partial charge in [0, 0.05) is 11.5 Å². The molecule has 0 aromatic rings. The highest BCUT2D eigenvalue weighted by Gasteiger charge is 2.54. The molecule has 18 heavy (non-hydrogen) atoms. The van der Waals surface area contributed by atoms with Crippen molar-refractivity contribution in [2.24, 2.45) is 11.0 Å². The summed E-state index contributed by atoms with van der Waals surface area (Å²) in [5, 5.41) is 15.5. The van der Waals surface area contributed by atoms with E-state index in [9.17, 15) is 9.90 Å². The summed E-state index contributed by atoms with van der Waals surface area (Å²) < 4.78 is 5.15. The summed E-state index contributed by atoms with van der Waals surface area (Å²) in [7, 11) is 0. The molecule has 0 saturated heterocycles. The highest BCUT2D eigenvalue weighted by Crippen LogP contribution is 2.45. The van der Waals surface area contributed by atoms with Crippen molar-refractivity contribution in [1.29, 1.82) is 0 Å². The lowest BCUT2D eigenvalue weighted by Crippen LogP contribution is -2.44. The zero-order valence-electron chi connectivity index (χ0n) is 11.0. The predicted octanol–water partition coefficient (Wildman–Crippen LogP) is 1.96. The van der Waals surface area contributed by atoms with Crippen LogP contribution in [0.2, 0.25) is 0 Å². The third kappa shape index (κ3) is 4.09. The van der Waals surface area contributed by atoms with Gasteiger partial charge in [-0.3, -0.25) is 0 Å². The number of nitrogens with zero attached hydrogens (tertiary/aromatic N) is 3. The normalized spacial score (nSPS) is 26.1. The minimum Gasteiger partial charge on any atom is -0.444 e. The van der Waals surface area contributed by atoms with Crippen molar-refractivity contribution in [3.8, 4) is 0 Å². The van der Waals surface area contributed by atoms with E-state index in [1.807, 2.05) is 0 Å². The van der Waals surface area contributed by atoms with Gasteiger partial charge in [-0.25, -0.2) is 4.79 Å². The monoisotopic (exact) mass is 256 g/mol. The van der Waals surface area contributed by atoms with Crippen LogP contribution in [0.1, 0.15) is 33.6 Å². The molecule has 1 saturated carbocycles. The lowest BCUT2D eigenvalue weighted by molar-refractivity contribution is 0.0461. The topological polar surface area (TPSA) is 107 Å². The Kier molecular flexibility index (Phi) is 4.43. The second-order valence-electron chi connectivity index (χ2n) is 5.59. The number of nitrogens with one attached hydrogen (secondary N) is 1. The summed E-state index contributed by atoms with van der Waals surface area (Å²) in [5.74, 6) is 0.139. The first-order valence-electron chi connectivity index (χ1n) is 5.96. The van der Waals surface area contributed by atoms with E-state index >= 15 is 0 Å². The zero-order valence-corrected chi connectivity index (χ0v) is 11.0. The van der Waals surface area contributed by atoms with Crippen molar-refractivity contribution in [3.05, 3.63) is 10.4 Å². The van der Waals surface area contributed by atoms with Crippen LogP contribution in [0.25, 0.3) is 10.4 Å². The Bertz CT molecular complexity index is 360. The van der Waals surface area contributed by atoms with E-state index in [0.29, 0.717) is 19.4 Å². The molecule has 0 aliphatic heterocycles. The van der Waals surface area contributed by atoms with Gasteiger partial charge in [0.1, 0.15) is 5.60 Å². The maximum atomic E-state index is 11.6. The van der Waals surface area contributed by atoms with Gasteiger partial charge in [0.15, 0.2) is 0 Å². The van der Waals surface area contributed by atoms with Gasteiger partial charge in [0.25, 0.3) is 0 Å². The van der Waals surface area contributed by atoms with E-state index in [2.05, 4.69) is 15.3 Å². The molecule has 1 fully saturated rings. The van der Waals surface area contributed by atoms with E-state index in [-0.39, 0.29) is 12.5 Å². The largest absolute Gasteiger partial charge is 0.444 e. The molecule has 0 unspecified atom stereocenters. The molecule has 0 radical (unpaired) electrons. The van der Waals surface area contributed by atoms with Crippen LogP contribution in [-0.2, 0) is 4.74 Å². The standard InChI is InChI=1S/C11H20N4O3/c1-10(2,3)18-9(17)14-11(7-16)6-8(11)4-5-13-15-12/h8,16H,4-7H2,1-3H3,(H,14,17)/t8-,11+/m0/s1. The van der Waals surface area contributed by atoms with Crippen molar-refractivity contribution in [1.82, 2.24) is 5.32 Å². The lowest BCUT2D eigenvalue weighted by atomic mass is 10.1. The molecule has 1 rings (SSSR count). The second-order valence-corrected chi connectivity index (χ2v) is 5.59. The number of carbonyl (C=O) groups excluding carboxylic acids is 1. The molecule has 1 aliphatic rings. The second kappa shape index (κ2) is 5.46. The SMILES string of the molecule is CC(C)(C)OC(=O)N[C@@]1(CO)C[C@@H]1CCN=[N+]=[N-]. The number of ether oxygens (including phenoxy) is 1. The quantitative estimate of drug-likeness (QED) is 0.446. The van der Waals surface area contributed by atoms with Crippen molar-refractivity contribution in [2.75, 3.05) is 13.2 Å². The van der Waals surface area contributed by atoms with Crippen molar-refractivity contribution in [2.45, 2.75) is 44.8 Å². The summed E-state index contributed by atoms with van der Waals surface area (Å²) >= 11 is 0. The van der Waals surface area contributed by atoms with Crippen LogP contribution in [-0.4, -0.2) is 35.5 Å². The van der Waals surface area contributed by atoms with Crippen LogP contribution in [0.4, 0.5) is 4.79 Å². The van der Waals surface area contributed by atoms with Gasteiger partial charge in [0.2, 0.25) is 0 Å². The highest BCUT2D eigenvalue weighted by molar-refractivity contribution is 5.69. The molecule has 1 amide bonds. The van der Waals surface area contributed by atoms with Crippen molar-refractivity contribution < 1.29 is 14.6 Å². The van der Waals surface area contributed by atoms with E-state index in [4.69, 9.17) is 10.3 Å². The number of hydrogen-bond acceptors (Lipinski definition) is 4. The van der Waals surface area contributed by atoms with Gasteiger partial charge in [0.05, 0.1) is 12.1 Å². The highest BCUT2D eigenvalue weighted by atomic mass is 16.6. The van der Waals surface area contributed by atoms with E-state index in [1.54, 1.807) is 20.8 Å². The molecule has 1 aliphatic carbocycles. The summed E-state index contributed by atoms with van der Waals surface area (Å²) in [5.41, 5.74) is 7.02. The number of azide groups is 1. The molecule has 0 spiro atoms. The van der Waals surface area contributed by atoms with E-state index < -0.39 is 17.2 Å². The Hall–Kier alpha value is -1.46. The van der Waals surface area contributed by atoms with Crippen LogP contribution in [0.3, 0.4) is 0 Å². The number of aliphatic hydroxyl groups is 1. The first-order valence-corrected chi connectivity index (χ1v) is 5.96. The molecule has 7 heteroatoms. The van der Waals surface area contributed by atoms with Gasteiger partial charge < -0.3 is 15.2 Å². The molecular formula is C11H20N4O3. The zero-order chi connectivity index (χ0) is 13.8. The molecule has 0 aromatic heterocycles. The number of rotatable bonds is 5. The minimum absolute atomic E-state index is 0.132. The Morgan fingerprint density at radius 1 is 1.67 bits per heavy atom. The molecule has 0 bridgehead atoms. The summed E-state index contributed by atoms with van der Waals surface area (Å²) in [4.78, 5) is 14.3. The minimum atomic E-state index is -0.604. The van der Waals surface area contributed by atoms with Crippen LogP contribution in [0.5, 0.6) is 0 Å². The van der Waals surface area contributed by atoms with Gasteiger partial charge in [-0.15, -0.1) is 0 Å². The van der Waals surface area contributed by atoms with E-state index in [1.165, 1.54) is 0 Å². The molecule has 2 N–H and O–H groups in total. The fourth-order valence-corrected chi connectivity index (χ4v) is 1.91. The van der Waals surface area contributed by atoms with Crippen molar-refractivity contribution >= 4 is 6.09 Å². The average molecular weight is 256 g/mol. The summed E-state index contributed by atoms with van der Waals surface area (Å²) in [6, 6.07) is 0. The maximum absolute atomic E-state index is 11.6. The van der Waals surface area contributed by atoms with Crippen molar-refractivity contribution in [3.63, 3.8) is 0 Å². The Balaban J connectivity index is 2.44. The van der Waals surface area contributed by atoms with Crippen LogP contribution >= 0.6 is 0 Å². The Labute approximate surface area is 106 Å². The van der Waals surface area contributed by atoms with Crippen LogP contribution in [0, 0.1) is 5.92 Å². The van der Waals surface area contributed by atoms with Crippen LogP contribution in [0.15, 0.2) is 5.11 Å². The smallest absolute Gasteiger partial charge is 0.408 e. The maximum Gasteiger partial charge on any atom is 0.408 e. The fraction of sp³-hybridized carbons (Fsp3) is 0.909. The van der Waals surface area contributed by atoms with Gasteiger partial charge in [-0.1, -0.05) is 5.11 Å². The number of amides is 1. The lowest BCUT2D eigenvalue weighted by Gasteiger charge is -2.23. The number of aliphatic hydroxyl groups excluding tert-OH is 1. The fourth-order valence-electron chi connectivity index (χ4n) is 1.91. The predicted molar refractivity (Wildman–Crippen MR) is 65.9 cm³/mol. The third-order valence-electron chi connectivity index (χ3n) is 2.90. The Morgan fingerprint density at radius 3 is 2.83 bits per heavy atom. The van der Waals surface area contributed by atoms with Gasteiger partial charge in [-0.2, -0.15) is 0 Å². The number of alkyl carbamates (subject to hydrolysis) is 1. The average Bonchev–Trinajstić information content (AvgIpc) is 2.89. The van der Waals surface area contributed by atoms with Crippen LogP contribution < -0.4 is 5.32 Å². The molecule has 2 atom stereocenters. The van der Waals surface area contributed by atoms with Gasteiger partial charge >= 0.3 is 6.09 Å². The summed E-state index contributed by atoms with van der Waals surface area (Å²) in [6.07, 6.45) is 0.812. The third-order valence-corrected chi connectivity index (χ3v) is 2.90.